The lowest BCUT2D eigenvalue weighted by Gasteiger charge is -2.08. The SMILES string of the molecule is CCCCCC(=O)N(C)C. The smallest absolute Gasteiger partial charge is 0.222 e. The number of unbranched alkanes of at least 4 members (excludes halogenated alkanes) is 2. The van der Waals surface area contributed by atoms with Gasteiger partial charge in [-0.05, 0) is 6.42 Å². The van der Waals surface area contributed by atoms with E-state index >= 15 is 0 Å². The van der Waals surface area contributed by atoms with E-state index in [9.17, 15) is 4.79 Å². The maximum absolute atomic E-state index is 10.9. The molecule has 0 aromatic heterocycles. The van der Waals surface area contributed by atoms with Gasteiger partial charge in [0.1, 0.15) is 0 Å². The van der Waals surface area contributed by atoms with Crippen molar-refractivity contribution in [3.63, 3.8) is 0 Å². The lowest BCUT2D eigenvalue weighted by molar-refractivity contribution is -0.128. The summed E-state index contributed by atoms with van der Waals surface area (Å²) in [6.07, 6.45) is 4.09. The highest BCUT2D eigenvalue weighted by Crippen LogP contribution is 2.00. The van der Waals surface area contributed by atoms with Crippen LogP contribution in [-0.2, 0) is 4.79 Å². The summed E-state index contributed by atoms with van der Waals surface area (Å²) in [6.45, 7) is 2.14. The first-order valence-corrected chi connectivity index (χ1v) is 3.88. The van der Waals surface area contributed by atoms with Crippen LogP contribution in [-0.4, -0.2) is 24.9 Å². The van der Waals surface area contributed by atoms with Crippen LogP contribution in [0.1, 0.15) is 32.6 Å². The maximum Gasteiger partial charge on any atom is 0.222 e. The molecule has 0 heterocycles. The van der Waals surface area contributed by atoms with Gasteiger partial charge in [0.2, 0.25) is 5.91 Å². The summed E-state index contributed by atoms with van der Waals surface area (Å²) < 4.78 is 0. The van der Waals surface area contributed by atoms with E-state index in [1.54, 1.807) is 19.0 Å². The molecule has 0 bridgehead atoms. The average molecular weight is 143 g/mol. The van der Waals surface area contributed by atoms with Gasteiger partial charge in [-0.15, -0.1) is 0 Å². The highest BCUT2D eigenvalue weighted by molar-refractivity contribution is 5.75. The van der Waals surface area contributed by atoms with E-state index in [1.165, 1.54) is 12.8 Å². The number of nitrogens with zero attached hydrogens (tertiary/aromatic N) is 1. The molecule has 0 N–H and O–H groups in total. The molecule has 60 valence electrons. The van der Waals surface area contributed by atoms with Crippen LogP contribution < -0.4 is 0 Å². The van der Waals surface area contributed by atoms with Crippen LogP contribution in [0.25, 0.3) is 0 Å². The van der Waals surface area contributed by atoms with Crippen LogP contribution in [0, 0.1) is 0 Å². The Bertz CT molecular complexity index is 99.4. The molecule has 0 rings (SSSR count). The lowest BCUT2D eigenvalue weighted by Crippen LogP contribution is -2.20. The van der Waals surface area contributed by atoms with Crippen LogP contribution in [0.2, 0.25) is 0 Å². The maximum atomic E-state index is 10.9. The zero-order chi connectivity index (χ0) is 7.98. The molecule has 2 nitrogen and oxygen atoms in total. The van der Waals surface area contributed by atoms with E-state index in [-0.39, 0.29) is 5.91 Å². The van der Waals surface area contributed by atoms with E-state index in [2.05, 4.69) is 6.92 Å². The van der Waals surface area contributed by atoms with Crippen molar-refractivity contribution in [2.24, 2.45) is 0 Å². The third-order valence-electron chi connectivity index (χ3n) is 1.49. The van der Waals surface area contributed by atoms with Crippen molar-refractivity contribution in [1.82, 2.24) is 4.90 Å². The number of hydrogen-bond acceptors (Lipinski definition) is 1. The van der Waals surface area contributed by atoms with E-state index in [0.29, 0.717) is 6.42 Å². The van der Waals surface area contributed by atoms with Crippen molar-refractivity contribution in [3.05, 3.63) is 0 Å². The van der Waals surface area contributed by atoms with Gasteiger partial charge >= 0.3 is 0 Å². The van der Waals surface area contributed by atoms with Gasteiger partial charge in [0.05, 0.1) is 0 Å². The van der Waals surface area contributed by atoms with Gasteiger partial charge in [-0.1, -0.05) is 19.8 Å². The second-order valence-electron chi connectivity index (χ2n) is 2.75. The minimum absolute atomic E-state index is 0.244. The van der Waals surface area contributed by atoms with Gasteiger partial charge in [-0.2, -0.15) is 0 Å². The van der Waals surface area contributed by atoms with Gasteiger partial charge in [-0.25, -0.2) is 0 Å². The Labute approximate surface area is 63.2 Å². The fourth-order valence-corrected chi connectivity index (χ4v) is 0.750. The van der Waals surface area contributed by atoms with Crippen molar-refractivity contribution in [1.29, 1.82) is 0 Å². The van der Waals surface area contributed by atoms with Gasteiger partial charge in [0.25, 0.3) is 0 Å². The molecule has 0 spiro atoms. The van der Waals surface area contributed by atoms with E-state index in [1.807, 2.05) is 0 Å². The number of amides is 1. The quantitative estimate of drug-likeness (QED) is 0.548. The summed E-state index contributed by atoms with van der Waals surface area (Å²) >= 11 is 0. The molecule has 0 unspecified atom stereocenters. The Morgan fingerprint density at radius 1 is 1.30 bits per heavy atom. The molecule has 1 amide bonds. The predicted octanol–water partition coefficient (Wildman–Crippen LogP) is 1.65. The average Bonchev–Trinajstić information content (AvgIpc) is 1.88. The molecule has 0 atom stereocenters. The van der Waals surface area contributed by atoms with Crippen molar-refractivity contribution in [2.75, 3.05) is 14.1 Å². The molecule has 10 heavy (non-hydrogen) atoms. The second kappa shape index (κ2) is 5.27. The molecule has 0 saturated carbocycles. The fourth-order valence-electron chi connectivity index (χ4n) is 0.750. The zero-order valence-electron chi connectivity index (χ0n) is 7.18. The van der Waals surface area contributed by atoms with Gasteiger partial charge < -0.3 is 4.90 Å². The molecule has 0 aromatic rings. The molecular formula is C8H17NO. The molecule has 0 aliphatic carbocycles. The van der Waals surface area contributed by atoms with Gasteiger partial charge in [0, 0.05) is 20.5 Å². The summed E-state index contributed by atoms with van der Waals surface area (Å²) in [5, 5.41) is 0. The van der Waals surface area contributed by atoms with Crippen LogP contribution in [0.3, 0.4) is 0 Å². The first kappa shape index (κ1) is 9.47. The van der Waals surface area contributed by atoms with Crippen LogP contribution in [0.4, 0.5) is 0 Å². The van der Waals surface area contributed by atoms with Crippen LogP contribution in [0.15, 0.2) is 0 Å². The Kier molecular flexibility index (Phi) is 4.99. The summed E-state index contributed by atoms with van der Waals surface area (Å²) in [7, 11) is 3.60. The molecule has 0 fully saturated rings. The monoisotopic (exact) mass is 143 g/mol. The molecule has 2 heteroatoms. The van der Waals surface area contributed by atoms with Crippen molar-refractivity contribution >= 4 is 5.91 Å². The molecule has 0 saturated heterocycles. The van der Waals surface area contributed by atoms with E-state index in [0.717, 1.165) is 6.42 Å². The topological polar surface area (TPSA) is 20.3 Å². The summed E-state index contributed by atoms with van der Waals surface area (Å²) in [6, 6.07) is 0. The van der Waals surface area contributed by atoms with Crippen molar-refractivity contribution in [2.45, 2.75) is 32.6 Å². The molecule has 0 aliphatic heterocycles. The first-order chi connectivity index (χ1) is 4.68. The van der Waals surface area contributed by atoms with Crippen LogP contribution >= 0.6 is 0 Å². The number of carbonyl (C=O) groups is 1. The summed E-state index contributed by atoms with van der Waals surface area (Å²) in [5.41, 5.74) is 0. The third kappa shape index (κ3) is 4.36. The highest BCUT2D eigenvalue weighted by Gasteiger charge is 2.01. The second-order valence-corrected chi connectivity index (χ2v) is 2.75. The Morgan fingerprint density at radius 3 is 2.30 bits per heavy atom. The van der Waals surface area contributed by atoms with Crippen molar-refractivity contribution in [3.8, 4) is 0 Å². The third-order valence-corrected chi connectivity index (χ3v) is 1.49. The minimum atomic E-state index is 0.244. The minimum Gasteiger partial charge on any atom is -0.349 e. The van der Waals surface area contributed by atoms with E-state index < -0.39 is 0 Å². The Morgan fingerprint density at radius 2 is 1.90 bits per heavy atom. The fraction of sp³-hybridized carbons (Fsp3) is 0.875. The number of rotatable bonds is 4. The van der Waals surface area contributed by atoms with Crippen LogP contribution in [0.5, 0.6) is 0 Å². The summed E-state index contributed by atoms with van der Waals surface area (Å²) in [4.78, 5) is 12.6. The molecule has 0 aromatic carbocycles. The number of hydrogen-bond donors (Lipinski definition) is 0. The highest BCUT2D eigenvalue weighted by atomic mass is 16.2. The van der Waals surface area contributed by atoms with Gasteiger partial charge in [0.15, 0.2) is 0 Å². The standard InChI is InChI=1S/C8H17NO/c1-4-5-6-7-8(10)9(2)3/h4-7H2,1-3H3. The number of carbonyl (C=O) groups excluding carboxylic acids is 1. The zero-order valence-corrected chi connectivity index (χ0v) is 7.18. The first-order valence-electron chi connectivity index (χ1n) is 3.88. The molecule has 0 radical (unpaired) electrons. The molecule has 0 aliphatic rings. The predicted molar refractivity (Wildman–Crippen MR) is 42.8 cm³/mol. The Hall–Kier alpha value is -0.530. The largest absolute Gasteiger partial charge is 0.349 e. The summed E-state index contributed by atoms with van der Waals surface area (Å²) in [5.74, 6) is 0.244. The Balaban J connectivity index is 3.22. The van der Waals surface area contributed by atoms with E-state index in [4.69, 9.17) is 0 Å². The molecular weight excluding hydrogens is 126 g/mol. The lowest BCUT2D eigenvalue weighted by atomic mass is 10.2. The normalized spacial score (nSPS) is 9.50. The van der Waals surface area contributed by atoms with Gasteiger partial charge in [-0.3, -0.25) is 4.79 Å². The van der Waals surface area contributed by atoms with Crippen molar-refractivity contribution < 1.29 is 4.79 Å².